The van der Waals surface area contributed by atoms with E-state index in [0.717, 1.165) is 19.1 Å². The Bertz CT molecular complexity index is 130. The normalized spacial score (nSPS) is 12.5. The van der Waals surface area contributed by atoms with Crippen LogP contribution in [0.5, 0.6) is 0 Å². The molecule has 0 heterocycles. The molecule has 1 atom stereocenters. The zero-order valence-corrected chi connectivity index (χ0v) is 7.30. The van der Waals surface area contributed by atoms with Crippen molar-refractivity contribution in [1.82, 2.24) is 0 Å². The minimum atomic E-state index is 0.0884. The number of hydrogen-bond donors (Lipinski definition) is 0. The van der Waals surface area contributed by atoms with Crippen molar-refractivity contribution >= 4 is 12.1 Å². The second kappa shape index (κ2) is 6.08. The van der Waals surface area contributed by atoms with E-state index in [9.17, 15) is 9.59 Å². The lowest BCUT2D eigenvalue weighted by atomic mass is 10.00. The summed E-state index contributed by atoms with van der Waals surface area (Å²) in [7, 11) is 0. The van der Waals surface area contributed by atoms with E-state index in [1.165, 1.54) is 0 Å². The molecule has 0 saturated heterocycles. The highest BCUT2D eigenvalue weighted by Crippen LogP contribution is 2.08. The molecule has 0 radical (unpaired) electrons. The van der Waals surface area contributed by atoms with Crippen LogP contribution in [0.3, 0.4) is 0 Å². The Balaban J connectivity index is 3.50. The molecule has 0 aromatic rings. The molecule has 1 unspecified atom stereocenters. The van der Waals surface area contributed by atoms with Crippen LogP contribution in [0, 0.1) is 5.92 Å². The lowest BCUT2D eigenvalue weighted by Crippen LogP contribution is -2.04. The van der Waals surface area contributed by atoms with E-state index in [-0.39, 0.29) is 11.7 Å². The summed E-state index contributed by atoms with van der Waals surface area (Å²) >= 11 is 0. The predicted octanol–water partition coefficient (Wildman–Crippen LogP) is 1.97. The third kappa shape index (κ3) is 4.71. The maximum Gasteiger partial charge on any atom is 0.132 e. The number of carbonyl (C=O) groups is 2. The molecular weight excluding hydrogens is 140 g/mol. The van der Waals surface area contributed by atoms with E-state index in [4.69, 9.17) is 0 Å². The summed E-state index contributed by atoms with van der Waals surface area (Å²) in [6.45, 7) is 3.82. The second-order valence-electron chi connectivity index (χ2n) is 2.74. The molecule has 11 heavy (non-hydrogen) atoms. The molecule has 0 aliphatic rings. The van der Waals surface area contributed by atoms with E-state index in [0.29, 0.717) is 12.8 Å². The van der Waals surface area contributed by atoms with E-state index < -0.39 is 0 Å². The van der Waals surface area contributed by atoms with Crippen molar-refractivity contribution < 1.29 is 9.59 Å². The number of Topliss-reactive ketones (excluding diaryl/α,β-unsaturated/α-hetero) is 1. The van der Waals surface area contributed by atoms with Crippen molar-refractivity contribution in [2.45, 2.75) is 39.5 Å². The maximum absolute atomic E-state index is 10.8. The van der Waals surface area contributed by atoms with Gasteiger partial charge in [-0.1, -0.05) is 13.8 Å². The lowest BCUT2D eigenvalue weighted by molar-refractivity contribution is -0.119. The van der Waals surface area contributed by atoms with E-state index in [1.54, 1.807) is 0 Å². The fourth-order valence-electron chi connectivity index (χ4n) is 0.892. The highest BCUT2D eigenvalue weighted by atomic mass is 16.1. The molecule has 0 amide bonds. The van der Waals surface area contributed by atoms with Crippen molar-refractivity contribution in [2.24, 2.45) is 5.92 Å². The van der Waals surface area contributed by atoms with Crippen LogP contribution in [0.2, 0.25) is 0 Å². The first-order valence-electron chi connectivity index (χ1n) is 4.21. The summed E-state index contributed by atoms with van der Waals surface area (Å²) in [4.78, 5) is 21.2. The lowest BCUT2D eigenvalue weighted by Gasteiger charge is -2.04. The molecule has 0 fully saturated rings. The number of rotatable bonds is 6. The monoisotopic (exact) mass is 156 g/mol. The molecule has 2 heteroatoms. The van der Waals surface area contributed by atoms with Crippen molar-refractivity contribution in [1.29, 1.82) is 0 Å². The molecule has 0 saturated carbocycles. The number of hydrogen-bond acceptors (Lipinski definition) is 2. The summed E-state index contributed by atoms with van der Waals surface area (Å²) in [6, 6.07) is 0. The Morgan fingerprint density at radius 2 is 2.09 bits per heavy atom. The highest BCUT2D eigenvalue weighted by Gasteiger charge is 2.06. The average Bonchev–Trinajstić information content (AvgIpc) is 2.06. The van der Waals surface area contributed by atoms with Crippen LogP contribution in [0.4, 0.5) is 0 Å². The molecular formula is C9H16O2. The van der Waals surface area contributed by atoms with E-state index in [2.05, 4.69) is 0 Å². The van der Waals surface area contributed by atoms with Crippen LogP contribution in [-0.4, -0.2) is 12.1 Å². The first-order chi connectivity index (χ1) is 5.24. The largest absolute Gasteiger partial charge is 0.303 e. The molecule has 0 bridgehead atoms. The molecule has 0 spiro atoms. The SMILES string of the molecule is CCC(=O)CCC(C=O)CC. The second-order valence-corrected chi connectivity index (χ2v) is 2.74. The first-order valence-corrected chi connectivity index (χ1v) is 4.21. The van der Waals surface area contributed by atoms with Crippen molar-refractivity contribution in [3.63, 3.8) is 0 Å². The summed E-state index contributed by atoms with van der Waals surface area (Å²) in [6.07, 6.45) is 3.68. The molecule has 2 nitrogen and oxygen atoms in total. The third-order valence-corrected chi connectivity index (χ3v) is 1.91. The van der Waals surface area contributed by atoms with Gasteiger partial charge >= 0.3 is 0 Å². The van der Waals surface area contributed by atoms with Crippen LogP contribution >= 0.6 is 0 Å². The first kappa shape index (κ1) is 10.3. The standard InChI is InChI=1S/C9H16O2/c1-3-8(7-10)5-6-9(11)4-2/h7-8H,3-6H2,1-2H3. The van der Waals surface area contributed by atoms with Crippen molar-refractivity contribution in [3.8, 4) is 0 Å². The van der Waals surface area contributed by atoms with Gasteiger partial charge in [0.15, 0.2) is 0 Å². The minimum absolute atomic E-state index is 0.0884. The molecule has 0 aromatic carbocycles. The third-order valence-electron chi connectivity index (χ3n) is 1.91. The van der Waals surface area contributed by atoms with Crippen molar-refractivity contribution in [2.75, 3.05) is 0 Å². The van der Waals surface area contributed by atoms with Gasteiger partial charge in [0.2, 0.25) is 0 Å². The number of aldehydes is 1. The zero-order chi connectivity index (χ0) is 8.69. The van der Waals surface area contributed by atoms with Crippen LogP contribution < -0.4 is 0 Å². The van der Waals surface area contributed by atoms with Gasteiger partial charge in [0.25, 0.3) is 0 Å². The summed E-state index contributed by atoms with van der Waals surface area (Å²) < 4.78 is 0. The Morgan fingerprint density at radius 1 is 1.45 bits per heavy atom. The minimum Gasteiger partial charge on any atom is -0.303 e. The maximum atomic E-state index is 10.8. The van der Waals surface area contributed by atoms with Gasteiger partial charge in [-0.2, -0.15) is 0 Å². The smallest absolute Gasteiger partial charge is 0.132 e. The van der Waals surface area contributed by atoms with Crippen LogP contribution in [-0.2, 0) is 9.59 Å². The number of ketones is 1. The Hall–Kier alpha value is -0.660. The number of carbonyl (C=O) groups excluding carboxylic acids is 2. The van der Waals surface area contributed by atoms with E-state index in [1.807, 2.05) is 13.8 Å². The van der Waals surface area contributed by atoms with Gasteiger partial charge in [0.1, 0.15) is 12.1 Å². The molecule has 0 aliphatic carbocycles. The Kier molecular flexibility index (Phi) is 5.71. The average molecular weight is 156 g/mol. The van der Waals surface area contributed by atoms with E-state index >= 15 is 0 Å². The van der Waals surface area contributed by atoms with Crippen LogP contribution in [0.15, 0.2) is 0 Å². The highest BCUT2D eigenvalue weighted by molar-refractivity contribution is 5.78. The van der Waals surface area contributed by atoms with Crippen LogP contribution in [0.1, 0.15) is 39.5 Å². The molecule has 0 rings (SSSR count). The zero-order valence-electron chi connectivity index (χ0n) is 7.30. The topological polar surface area (TPSA) is 34.1 Å². The fraction of sp³-hybridized carbons (Fsp3) is 0.778. The van der Waals surface area contributed by atoms with Gasteiger partial charge in [-0.15, -0.1) is 0 Å². The van der Waals surface area contributed by atoms with Crippen LogP contribution in [0.25, 0.3) is 0 Å². The van der Waals surface area contributed by atoms with Gasteiger partial charge < -0.3 is 4.79 Å². The van der Waals surface area contributed by atoms with Gasteiger partial charge in [0.05, 0.1) is 0 Å². The van der Waals surface area contributed by atoms with Gasteiger partial charge in [-0.25, -0.2) is 0 Å². The molecule has 64 valence electrons. The Morgan fingerprint density at radius 3 is 2.45 bits per heavy atom. The molecule has 0 aliphatic heterocycles. The summed E-state index contributed by atoms with van der Waals surface area (Å²) in [5, 5.41) is 0. The summed E-state index contributed by atoms with van der Waals surface area (Å²) in [5.74, 6) is 0.343. The Labute approximate surface area is 68.0 Å². The van der Waals surface area contributed by atoms with Gasteiger partial charge in [-0.3, -0.25) is 4.79 Å². The van der Waals surface area contributed by atoms with Crippen molar-refractivity contribution in [3.05, 3.63) is 0 Å². The quantitative estimate of drug-likeness (QED) is 0.551. The molecule has 0 aromatic heterocycles. The van der Waals surface area contributed by atoms with Gasteiger partial charge in [-0.05, 0) is 12.8 Å². The fourth-order valence-corrected chi connectivity index (χ4v) is 0.892. The summed E-state index contributed by atoms with van der Waals surface area (Å²) in [5.41, 5.74) is 0. The predicted molar refractivity (Wildman–Crippen MR) is 44.4 cm³/mol. The molecule has 0 N–H and O–H groups in total. The van der Waals surface area contributed by atoms with Gasteiger partial charge in [0, 0.05) is 18.8 Å².